The van der Waals surface area contributed by atoms with Crippen molar-refractivity contribution in [2.45, 2.75) is 20.1 Å². The number of aliphatic hydroxyl groups excluding tert-OH is 1. The van der Waals surface area contributed by atoms with Crippen LogP contribution in [-0.2, 0) is 13.2 Å². The van der Waals surface area contributed by atoms with Gasteiger partial charge in [-0.25, -0.2) is 9.97 Å². The Morgan fingerprint density at radius 1 is 1.12 bits per heavy atom. The van der Waals surface area contributed by atoms with Crippen LogP contribution in [-0.4, -0.2) is 15.1 Å². The normalized spacial score (nSPS) is 10.2. The number of nitrogens with one attached hydrogen (secondary N) is 1. The molecule has 1 heterocycles. The molecule has 0 aliphatic heterocycles. The highest BCUT2D eigenvalue weighted by Gasteiger charge is 1.96. The Morgan fingerprint density at radius 2 is 1.82 bits per heavy atom. The average molecular weight is 229 g/mol. The molecule has 2 rings (SSSR count). The number of aromatic nitrogens is 2. The van der Waals surface area contributed by atoms with Crippen molar-refractivity contribution in [3.8, 4) is 0 Å². The van der Waals surface area contributed by atoms with Crippen LogP contribution >= 0.6 is 0 Å². The minimum atomic E-state index is 0.0822. The highest BCUT2D eigenvalue weighted by molar-refractivity contribution is 5.36. The van der Waals surface area contributed by atoms with Crippen LogP contribution in [0, 0.1) is 6.92 Å². The zero-order chi connectivity index (χ0) is 12.1. The standard InChI is InChI=1S/C13H15N3O/c1-10-6-13(16-9-15-10)14-7-11-2-4-12(8-17)5-3-11/h2-6,9,17H,7-8H2,1H3,(H,14,15,16). The Balaban J connectivity index is 1.97. The van der Waals surface area contributed by atoms with E-state index in [-0.39, 0.29) is 6.61 Å². The molecule has 0 bridgehead atoms. The summed E-state index contributed by atoms with van der Waals surface area (Å²) in [7, 11) is 0. The summed E-state index contributed by atoms with van der Waals surface area (Å²) in [6, 6.07) is 9.73. The summed E-state index contributed by atoms with van der Waals surface area (Å²) in [5.74, 6) is 0.823. The fraction of sp³-hybridized carbons (Fsp3) is 0.231. The van der Waals surface area contributed by atoms with Gasteiger partial charge >= 0.3 is 0 Å². The Labute approximate surface area is 100 Å². The quantitative estimate of drug-likeness (QED) is 0.840. The van der Waals surface area contributed by atoms with E-state index < -0.39 is 0 Å². The zero-order valence-electron chi connectivity index (χ0n) is 9.72. The molecule has 1 aromatic carbocycles. The second-order valence-electron chi connectivity index (χ2n) is 3.87. The second kappa shape index (κ2) is 5.41. The first-order valence-corrected chi connectivity index (χ1v) is 5.49. The number of aliphatic hydroxyl groups is 1. The molecular formula is C13H15N3O. The molecule has 2 aromatic rings. The van der Waals surface area contributed by atoms with Gasteiger partial charge < -0.3 is 10.4 Å². The number of nitrogens with zero attached hydrogens (tertiary/aromatic N) is 2. The van der Waals surface area contributed by atoms with Crippen molar-refractivity contribution in [3.05, 3.63) is 53.5 Å². The van der Waals surface area contributed by atoms with Crippen LogP contribution in [0.1, 0.15) is 16.8 Å². The van der Waals surface area contributed by atoms with Crippen LogP contribution in [0.15, 0.2) is 36.7 Å². The maximum atomic E-state index is 8.93. The van der Waals surface area contributed by atoms with Gasteiger partial charge in [-0.3, -0.25) is 0 Å². The summed E-state index contributed by atoms with van der Waals surface area (Å²) >= 11 is 0. The van der Waals surface area contributed by atoms with E-state index in [9.17, 15) is 0 Å². The van der Waals surface area contributed by atoms with Crippen molar-refractivity contribution in [3.63, 3.8) is 0 Å². The van der Waals surface area contributed by atoms with Crippen molar-refractivity contribution in [2.75, 3.05) is 5.32 Å². The number of rotatable bonds is 4. The van der Waals surface area contributed by atoms with Gasteiger partial charge in [0.2, 0.25) is 0 Å². The predicted octanol–water partition coefficient (Wildman–Crippen LogP) is 1.89. The van der Waals surface area contributed by atoms with Crippen LogP contribution in [0.5, 0.6) is 0 Å². The van der Waals surface area contributed by atoms with E-state index in [1.54, 1.807) is 6.33 Å². The third-order valence-electron chi connectivity index (χ3n) is 2.48. The molecule has 0 saturated heterocycles. The Morgan fingerprint density at radius 3 is 2.47 bits per heavy atom. The van der Waals surface area contributed by atoms with Crippen molar-refractivity contribution < 1.29 is 5.11 Å². The molecule has 0 fully saturated rings. The molecule has 88 valence electrons. The van der Waals surface area contributed by atoms with Gasteiger partial charge in [0.25, 0.3) is 0 Å². The molecule has 1 aromatic heterocycles. The first kappa shape index (κ1) is 11.5. The smallest absolute Gasteiger partial charge is 0.129 e. The topological polar surface area (TPSA) is 58.0 Å². The molecular weight excluding hydrogens is 214 g/mol. The highest BCUT2D eigenvalue weighted by Crippen LogP contribution is 2.08. The monoisotopic (exact) mass is 229 g/mol. The third-order valence-corrected chi connectivity index (χ3v) is 2.48. The van der Waals surface area contributed by atoms with Gasteiger partial charge in [-0.1, -0.05) is 24.3 Å². The lowest BCUT2D eigenvalue weighted by Gasteiger charge is -2.06. The SMILES string of the molecule is Cc1cc(NCc2ccc(CO)cc2)ncn1. The first-order valence-electron chi connectivity index (χ1n) is 5.49. The summed E-state index contributed by atoms with van der Waals surface area (Å²) in [4.78, 5) is 8.16. The summed E-state index contributed by atoms with van der Waals surface area (Å²) in [6.07, 6.45) is 1.55. The molecule has 4 nitrogen and oxygen atoms in total. The van der Waals surface area contributed by atoms with Gasteiger partial charge in [0.15, 0.2) is 0 Å². The van der Waals surface area contributed by atoms with Gasteiger partial charge in [-0.15, -0.1) is 0 Å². The number of hydrogen-bond donors (Lipinski definition) is 2. The largest absolute Gasteiger partial charge is 0.392 e. The number of hydrogen-bond acceptors (Lipinski definition) is 4. The fourth-order valence-corrected chi connectivity index (χ4v) is 1.51. The van der Waals surface area contributed by atoms with E-state index in [2.05, 4.69) is 15.3 Å². The first-order chi connectivity index (χ1) is 8.28. The van der Waals surface area contributed by atoms with Crippen LogP contribution in [0.3, 0.4) is 0 Å². The summed E-state index contributed by atoms with van der Waals surface area (Å²) in [6.45, 7) is 2.73. The molecule has 0 radical (unpaired) electrons. The van der Waals surface area contributed by atoms with Gasteiger partial charge in [0.05, 0.1) is 6.61 Å². The molecule has 0 aliphatic carbocycles. The summed E-state index contributed by atoms with van der Waals surface area (Å²) < 4.78 is 0. The van der Waals surface area contributed by atoms with Crippen LogP contribution in [0.25, 0.3) is 0 Å². The van der Waals surface area contributed by atoms with Crippen molar-refractivity contribution in [1.29, 1.82) is 0 Å². The Bertz CT molecular complexity index is 482. The molecule has 0 spiro atoms. The van der Waals surface area contributed by atoms with Gasteiger partial charge in [-0.2, -0.15) is 0 Å². The molecule has 4 heteroatoms. The van der Waals surface area contributed by atoms with Gasteiger partial charge in [0, 0.05) is 18.3 Å². The van der Waals surface area contributed by atoms with Crippen molar-refractivity contribution in [1.82, 2.24) is 9.97 Å². The molecule has 2 N–H and O–H groups in total. The van der Waals surface area contributed by atoms with Crippen LogP contribution in [0.2, 0.25) is 0 Å². The van der Waals surface area contributed by atoms with E-state index in [4.69, 9.17) is 5.11 Å². The molecule has 17 heavy (non-hydrogen) atoms. The minimum Gasteiger partial charge on any atom is -0.392 e. The van der Waals surface area contributed by atoms with Gasteiger partial charge in [0.1, 0.15) is 12.1 Å². The highest BCUT2D eigenvalue weighted by atomic mass is 16.3. The molecule has 0 amide bonds. The number of anilines is 1. The van der Waals surface area contributed by atoms with E-state index in [1.165, 1.54) is 0 Å². The fourth-order valence-electron chi connectivity index (χ4n) is 1.51. The molecule has 0 saturated carbocycles. The Kier molecular flexibility index (Phi) is 3.67. The van der Waals surface area contributed by atoms with Crippen molar-refractivity contribution >= 4 is 5.82 Å². The van der Waals surface area contributed by atoms with Crippen molar-refractivity contribution in [2.24, 2.45) is 0 Å². The van der Waals surface area contributed by atoms with E-state index in [0.29, 0.717) is 6.54 Å². The van der Waals surface area contributed by atoms with E-state index >= 15 is 0 Å². The maximum Gasteiger partial charge on any atom is 0.129 e. The summed E-state index contributed by atoms with van der Waals surface area (Å²) in [5, 5.41) is 12.2. The lowest BCUT2D eigenvalue weighted by molar-refractivity contribution is 0.282. The average Bonchev–Trinajstić information content (AvgIpc) is 2.37. The number of aryl methyl sites for hydroxylation is 1. The van der Waals surface area contributed by atoms with Gasteiger partial charge in [-0.05, 0) is 18.1 Å². The predicted molar refractivity (Wildman–Crippen MR) is 66.5 cm³/mol. The lowest BCUT2D eigenvalue weighted by atomic mass is 10.1. The Hall–Kier alpha value is -1.94. The second-order valence-corrected chi connectivity index (χ2v) is 3.87. The minimum absolute atomic E-state index is 0.0822. The zero-order valence-corrected chi connectivity index (χ0v) is 9.72. The van der Waals surface area contributed by atoms with Crippen LogP contribution < -0.4 is 5.32 Å². The third kappa shape index (κ3) is 3.26. The van der Waals surface area contributed by atoms with E-state index in [0.717, 1.165) is 22.6 Å². The molecule has 0 aliphatic rings. The summed E-state index contributed by atoms with van der Waals surface area (Å²) in [5.41, 5.74) is 3.02. The molecule has 0 unspecified atom stereocenters. The lowest BCUT2D eigenvalue weighted by Crippen LogP contribution is -2.02. The maximum absolute atomic E-state index is 8.93. The number of benzene rings is 1. The molecule has 0 atom stereocenters. The van der Waals surface area contributed by atoms with E-state index in [1.807, 2.05) is 37.3 Å². The van der Waals surface area contributed by atoms with Crippen LogP contribution in [0.4, 0.5) is 5.82 Å².